The topological polar surface area (TPSA) is 79.7 Å². The van der Waals surface area contributed by atoms with E-state index in [0.29, 0.717) is 33.6 Å². The van der Waals surface area contributed by atoms with Crippen molar-refractivity contribution in [3.63, 3.8) is 0 Å². The molecule has 1 fully saturated rings. The van der Waals surface area contributed by atoms with Crippen LogP contribution in [-0.2, 0) is 16.2 Å². The van der Waals surface area contributed by atoms with Gasteiger partial charge in [-0.05, 0) is 60.0 Å². The van der Waals surface area contributed by atoms with Gasteiger partial charge in [0.15, 0.2) is 5.13 Å². The van der Waals surface area contributed by atoms with E-state index in [4.69, 9.17) is 27.9 Å². The SMILES string of the molecule is Cc1ccccc1COc1ccc(/C(O)=C2\C(=O)C(=O)N(c3nccs3)C2c2ccc(Cl)c(Cl)c2)cc1. The molecule has 186 valence electrons. The molecular formula is C28H20Cl2N2O4S. The highest BCUT2D eigenvalue weighted by molar-refractivity contribution is 7.14. The van der Waals surface area contributed by atoms with Crippen molar-refractivity contribution in [1.29, 1.82) is 0 Å². The van der Waals surface area contributed by atoms with Crippen molar-refractivity contribution in [2.24, 2.45) is 0 Å². The maximum absolute atomic E-state index is 13.2. The molecular weight excluding hydrogens is 531 g/mol. The summed E-state index contributed by atoms with van der Waals surface area (Å²) in [5.41, 5.74) is 3.02. The Hall–Kier alpha value is -3.65. The number of rotatable bonds is 6. The molecule has 1 N–H and O–H groups in total. The van der Waals surface area contributed by atoms with Gasteiger partial charge in [0.25, 0.3) is 5.78 Å². The zero-order valence-corrected chi connectivity index (χ0v) is 21.8. The van der Waals surface area contributed by atoms with E-state index in [2.05, 4.69) is 4.98 Å². The van der Waals surface area contributed by atoms with Crippen LogP contribution in [0.1, 0.15) is 28.3 Å². The van der Waals surface area contributed by atoms with E-state index in [-0.39, 0.29) is 16.4 Å². The van der Waals surface area contributed by atoms with Crippen LogP contribution in [-0.4, -0.2) is 21.8 Å². The second-order valence-corrected chi connectivity index (χ2v) is 10.1. The van der Waals surface area contributed by atoms with Crippen molar-refractivity contribution < 1.29 is 19.4 Å². The van der Waals surface area contributed by atoms with Crippen LogP contribution in [0.2, 0.25) is 10.0 Å². The Kier molecular flexibility index (Phi) is 7.02. The van der Waals surface area contributed by atoms with E-state index in [9.17, 15) is 14.7 Å². The normalized spacial score (nSPS) is 16.8. The smallest absolute Gasteiger partial charge is 0.301 e. The first-order valence-electron chi connectivity index (χ1n) is 11.3. The molecule has 0 bridgehead atoms. The Morgan fingerprint density at radius 3 is 2.49 bits per heavy atom. The molecule has 0 aliphatic carbocycles. The number of nitrogens with zero attached hydrogens (tertiary/aromatic N) is 2. The number of hydrogen-bond donors (Lipinski definition) is 1. The van der Waals surface area contributed by atoms with Crippen LogP contribution >= 0.6 is 34.5 Å². The highest BCUT2D eigenvalue weighted by atomic mass is 35.5. The molecule has 3 aromatic carbocycles. The van der Waals surface area contributed by atoms with E-state index in [1.54, 1.807) is 54.0 Å². The fourth-order valence-electron chi connectivity index (χ4n) is 4.16. The van der Waals surface area contributed by atoms with Crippen LogP contribution in [0, 0.1) is 6.92 Å². The summed E-state index contributed by atoms with van der Waals surface area (Å²) in [6.07, 6.45) is 1.54. The van der Waals surface area contributed by atoms with Crippen LogP contribution in [0.25, 0.3) is 5.76 Å². The van der Waals surface area contributed by atoms with Crippen LogP contribution in [0.5, 0.6) is 5.75 Å². The summed E-state index contributed by atoms with van der Waals surface area (Å²) < 4.78 is 5.89. The number of anilines is 1. The Balaban J connectivity index is 1.51. The van der Waals surface area contributed by atoms with Crippen molar-refractivity contribution in [3.8, 4) is 5.75 Å². The molecule has 1 aromatic heterocycles. The van der Waals surface area contributed by atoms with E-state index < -0.39 is 17.7 Å². The summed E-state index contributed by atoms with van der Waals surface area (Å²) in [4.78, 5) is 31.8. The third kappa shape index (κ3) is 4.85. The van der Waals surface area contributed by atoms with E-state index >= 15 is 0 Å². The zero-order valence-electron chi connectivity index (χ0n) is 19.5. The number of hydrogen-bond acceptors (Lipinski definition) is 6. The van der Waals surface area contributed by atoms with Crippen LogP contribution in [0.4, 0.5) is 5.13 Å². The van der Waals surface area contributed by atoms with E-state index in [1.165, 1.54) is 16.2 Å². The van der Waals surface area contributed by atoms with Gasteiger partial charge in [-0.3, -0.25) is 14.5 Å². The number of aryl methyl sites for hydroxylation is 1. The van der Waals surface area contributed by atoms with Gasteiger partial charge in [0.1, 0.15) is 18.1 Å². The number of benzene rings is 3. The maximum atomic E-state index is 13.2. The van der Waals surface area contributed by atoms with Gasteiger partial charge in [-0.25, -0.2) is 4.98 Å². The second kappa shape index (κ2) is 10.4. The maximum Gasteiger partial charge on any atom is 0.301 e. The van der Waals surface area contributed by atoms with Crippen molar-refractivity contribution >= 4 is 57.1 Å². The zero-order chi connectivity index (χ0) is 26.1. The molecule has 1 aliphatic heterocycles. The number of aromatic nitrogens is 1. The molecule has 9 heteroatoms. The summed E-state index contributed by atoms with van der Waals surface area (Å²) in [5, 5.41) is 13.9. The van der Waals surface area contributed by atoms with Gasteiger partial charge < -0.3 is 9.84 Å². The molecule has 1 unspecified atom stereocenters. The van der Waals surface area contributed by atoms with Crippen LogP contribution in [0.15, 0.2) is 83.9 Å². The Morgan fingerprint density at radius 1 is 1.05 bits per heavy atom. The average molecular weight is 551 g/mol. The third-order valence-electron chi connectivity index (χ3n) is 6.11. The number of ketones is 1. The van der Waals surface area contributed by atoms with Crippen molar-refractivity contribution in [2.75, 3.05) is 4.90 Å². The number of Topliss-reactive ketones (excluding diaryl/α,β-unsaturated/α-hetero) is 1. The molecule has 0 spiro atoms. The number of amides is 1. The number of halogens is 2. The molecule has 1 aliphatic rings. The molecule has 1 atom stereocenters. The van der Waals surface area contributed by atoms with Crippen LogP contribution < -0.4 is 9.64 Å². The molecule has 0 saturated carbocycles. The quantitative estimate of drug-likeness (QED) is 0.159. The molecule has 2 heterocycles. The summed E-state index contributed by atoms with van der Waals surface area (Å²) in [6.45, 7) is 2.42. The molecule has 1 saturated heterocycles. The number of thiazole rings is 1. The number of aliphatic hydroxyl groups excluding tert-OH is 1. The molecule has 4 aromatic rings. The minimum Gasteiger partial charge on any atom is -0.507 e. The van der Waals surface area contributed by atoms with E-state index in [0.717, 1.165) is 11.1 Å². The largest absolute Gasteiger partial charge is 0.507 e. The van der Waals surface area contributed by atoms with Gasteiger partial charge in [-0.15, -0.1) is 11.3 Å². The Labute approximate surface area is 227 Å². The minimum atomic E-state index is -0.933. The standard InChI is InChI=1S/C28H20Cl2N2O4S/c1-16-4-2-3-5-19(16)15-36-20-9-6-17(7-10-20)25(33)23-24(18-8-11-21(29)22(30)14-18)32(27(35)26(23)34)28-31-12-13-37-28/h2-14,24,33H,15H2,1H3/b25-23+. The first kappa shape index (κ1) is 25.0. The summed E-state index contributed by atoms with van der Waals surface area (Å²) >= 11 is 13.6. The molecule has 0 radical (unpaired) electrons. The van der Waals surface area contributed by atoms with Gasteiger partial charge in [0.05, 0.1) is 21.7 Å². The monoisotopic (exact) mass is 550 g/mol. The number of ether oxygens (including phenoxy) is 1. The average Bonchev–Trinajstić information content (AvgIpc) is 3.52. The molecule has 6 nitrogen and oxygen atoms in total. The van der Waals surface area contributed by atoms with E-state index in [1.807, 2.05) is 31.2 Å². The van der Waals surface area contributed by atoms with Crippen molar-refractivity contribution in [3.05, 3.63) is 116 Å². The molecule has 1 amide bonds. The number of carbonyl (C=O) groups is 2. The number of carbonyl (C=O) groups excluding carboxylic acids is 2. The van der Waals surface area contributed by atoms with Crippen molar-refractivity contribution in [2.45, 2.75) is 19.6 Å². The highest BCUT2D eigenvalue weighted by Gasteiger charge is 2.48. The summed E-state index contributed by atoms with van der Waals surface area (Å²) in [6, 6.07) is 18.5. The predicted molar refractivity (Wildman–Crippen MR) is 145 cm³/mol. The fourth-order valence-corrected chi connectivity index (χ4v) is 5.13. The van der Waals surface area contributed by atoms with Gasteiger partial charge in [-0.1, -0.05) is 53.5 Å². The fraction of sp³-hybridized carbons (Fsp3) is 0.107. The first-order valence-corrected chi connectivity index (χ1v) is 12.9. The van der Waals surface area contributed by atoms with Crippen molar-refractivity contribution in [1.82, 2.24) is 4.98 Å². The van der Waals surface area contributed by atoms with Gasteiger partial charge in [0.2, 0.25) is 0 Å². The lowest BCUT2D eigenvalue weighted by Crippen LogP contribution is -2.29. The second-order valence-electron chi connectivity index (χ2n) is 8.40. The minimum absolute atomic E-state index is 0.0628. The predicted octanol–water partition coefficient (Wildman–Crippen LogP) is 6.96. The lowest BCUT2D eigenvalue weighted by Gasteiger charge is -2.23. The van der Waals surface area contributed by atoms with Crippen LogP contribution in [0.3, 0.4) is 0 Å². The molecule has 5 rings (SSSR count). The Bertz CT molecular complexity index is 1520. The van der Waals surface area contributed by atoms with Gasteiger partial charge in [-0.2, -0.15) is 0 Å². The summed E-state index contributed by atoms with van der Waals surface area (Å²) in [7, 11) is 0. The molecule has 37 heavy (non-hydrogen) atoms. The lowest BCUT2D eigenvalue weighted by molar-refractivity contribution is -0.132. The highest BCUT2D eigenvalue weighted by Crippen LogP contribution is 2.43. The van der Waals surface area contributed by atoms with Gasteiger partial charge in [0, 0.05) is 17.1 Å². The number of aliphatic hydroxyl groups is 1. The summed E-state index contributed by atoms with van der Waals surface area (Å²) in [5.74, 6) is -1.31. The first-order chi connectivity index (χ1) is 17.8. The lowest BCUT2D eigenvalue weighted by atomic mass is 9.95. The third-order valence-corrected chi connectivity index (χ3v) is 7.62. The van der Waals surface area contributed by atoms with Gasteiger partial charge >= 0.3 is 5.91 Å². The Morgan fingerprint density at radius 2 is 1.81 bits per heavy atom.